The standard InChI is InChI=1S/C3H5P3/c1-6-3-4-2-5-6/h2-3H,1H3. The van der Waals surface area contributed by atoms with Crippen LogP contribution in [-0.2, 0) is 6.66 Å². The Hall–Kier alpha value is 0.640. The van der Waals surface area contributed by atoms with E-state index < -0.39 is 0 Å². The Balaban J connectivity index is 3.05. The largest absolute Gasteiger partial charge is 0.0942 e. The molecule has 1 aromatic rings. The van der Waals surface area contributed by atoms with E-state index in [1.54, 1.807) is 7.87 Å². The van der Waals surface area contributed by atoms with Crippen LogP contribution in [0.5, 0.6) is 0 Å². The van der Waals surface area contributed by atoms with E-state index in [1.807, 2.05) is 0 Å². The van der Waals surface area contributed by atoms with Crippen LogP contribution < -0.4 is 0 Å². The second-order valence-corrected chi connectivity index (χ2v) is 7.18. The summed E-state index contributed by atoms with van der Waals surface area (Å²) >= 11 is 0. The van der Waals surface area contributed by atoms with Gasteiger partial charge in [0.1, 0.15) is 0 Å². The highest BCUT2D eigenvalue weighted by Crippen LogP contribution is 2.39. The molecule has 0 aliphatic rings. The number of hydrogen-bond acceptors (Lipinski definition) is 0. The summed E-state index contributed by atoms with van der Waals surface area (Å²) in [5.74, 6) is 0. The number of hydrogen-bond donors (Lipinski definition) is 0. The van der Waals surface area contributed by atoms with Crippen LogP contribution in [0, 0.1) is 0 Å². The molecule has 3 heteroatoms. The first-order valence-corrected chi connectivity index (χ1v) is 6.24. The highest BCUT2D eigenvalue weighted by atomic mass is 31.9. The second kappa shape index (κ2) is 2.08. The summed E-state index contributed by atoms with van der Waals surface area (Å²) in [7, 11) is 3.33. The molecule has 0 aliphatic carbocycles. The molecule has 0 spiro atoms. The third-order valence-corrected chi connectivity index (χ3v) is 6.67. The third kappa shape index (κ3) is 1.05. The van der Waals surface area contributed by atoms with Gasteiger partial charge in [-0.25, -0.2) is 0 Å². The first kappa shape index (κ1) is 4.79. The van der Waals surface area contributed by atoms with Crippen molar-refractivity contribution in [2.45, 2.75) is 0 Å². The van der Waals surface area contributed by atoms with Gasteiger partial charge < -0.3 is 0 Å². The molecular weight excluding hydrogens is 129 g/mol. The normalized spacial score (nSPS) is 14.5. The van der Waals surface area contributed by atoms with Crippen molar-refractivity contribution < 1.29 is 0 Å². The van der Waals surface area contributed by atoms with Crippen LogP contribution in [0.2, 0.25) is 0 Å². The van der Waals surface area contributed by atoms with E-state index in [-0.39, 0.29) is 0 Å². The Bertz CT molecular complexity index is 110. The number of aryl methyl sites for hydroxylation is 1. The van der Waals surface area contributed by atoms with E-state index in [1.165, 1.54) is 8.19 Å². The molecule has 1 atom stereocenters. The zero-order chi connectivity index (χ0) is 4.41. The molecule has 0 aliphatic heterocycles. The van der Waals surface area contributed by atoms with Gasteiger partial charge in [0.15, 0.2) is 0 Å². The molecule has 0 saturated carbocycles. The molecule has 1 aromatic heterocycles. The molecule has 1 unspecified atom stereocenters. The van der Waals surface area contributed by atoms with Gasteiger partial charge in [-0.3, -0.25) is 0 Å². The van der Waals surface area contributed by atoms with Gasteiger partial charge in [-0.15, -0.1) is 0 Å². The Morgan fingerprint density at radius 2 is 2.50 bits per heavy atom. The Morgan fingerprint density at radius 1 is 1.67 bits per heavy atom. The van der Waals surface area contributed by atoms with E-state index in [9.17, 15) is 0 Å². The first-order chi connectivity index (χ1) is 2.89. The van der Waals surface area contributed by atoms with E-state index >= 15 is 0 Å². The lowest BCUT2D eigenvalue weighted by molar-refractivity contribution is 2.16. The van der Waals surface area contributed by atoms with Crippen molar-refractivity contribution in [2.75, 3.05) is 0 Å². The molecule has 32 valence electrons. The molecule has 0 radical (unpaired) electrons. The molecule has 0 fully saturated rings. The van der Waals surface area contributed by atoms with Crippen LogP contribution in [0.25, 0.3) is 0 Å². The minimum atomic E-state index is 0.314. The van der Waals surface area contributed by atoms with Gasteiger partial charge in [0.25, 0.3) is 0 Å². The molecule has 1 heterocycles. The quantitative estimate of drug-likeness (QED) is 0.510. The van der Waals surface area contributed by atoms with Gasteiger partial charge in [-0.2, -0.15) is 0 Å². The van der Waals surface area contributed by atoms with Crippen LogP contribution in [0.1, 0.15) is 0 Å². The van der Waals surface area contributed by atoms with Crippen LogP contribution in [0.15, 0.2) is 11.1 Å². The lowest BCUT2D eigenvalue weighted by Crippen LogP contribution is -1.15. The summed E-state index contributed by atoms with van der Waals surface area (Å²) < 4.78 is 0. The fourth-order valence-electron chi connectivity index (χ4n) is 0.267. The monoisotopic (exact) mass is 134 g/mol. The van der Waals surface area contributed by atoms with Gasteiger partial charge in [0, 0.05) is 0 Å². The molecule has 6 heavy (non-hydrogen) atoms. The maximum absolute atomic E-state index is 2.37. The van der Waals surface area contributed by atoms with E-state index in [0.29, 0.717) is 7.21 Å². The second-order valence-electron chi connectivity index (χ2n) is 1.07. The van der Waals surface area contributed by atoms with Crippen molar-refractivity contribution in [1.29, 1.82) is 0 Å². The van der Waals surface area contributed by atoms with Crippen molar-refractivity contribution in [3.63, 3.8) is 0 Å². The molecule has 0 saturated heterocycles. The number of rotatable bonds is 0. The Labute approximate surface area is 41.8 Å². The predicted octanol–water partition coefficient (Wildman–Crippen LogP) is 3.37. The fraction of sp³-hybridized carbons (Fsp3) is 0.333. The van der Waals surface area contributed by atoms with Crippen molar-refractivity contribution >= 4 is 23.3 Å². The third-order valence-electron chi connectivity index (χ3n) is 0.534. The van der Waals surface area contributed by atoms with Gasteiger partial charge in [-0.05, 0) is 25.6 Å². The SMILES string of the molecule is Cp1cpcp1. The van der Waals surface area contributed by atoms with E-state index in [4.69, 9.17) is 0 Å². The smallest absolute Gasteiger partial charge is 0.00294 e. The highest BCUT2D eigenvalue weighted by molar-refractivity contribution is 8.02. The zero-order valence-electron chi connectivity index (χ0n) is 3.50. The summed E-state index contributed by atoms with van der Waals surface area (Å²) in [5, 5.41) is 0. The Kier molecular flexibility index (Phi) is 1.66. The van der Waals surface area contributed by atoms with Crippen LogP contribution in [0.4, 0.5) is 0 Å². The van der Waals surface area contributed by atoms with Crippen LogP contribution >= 0.6 is 23.3 Å². The lowest BCUT2D eigenvalue weighted by atomic mass is 11.9. The Morgan fingerprint density at radius 3 is 2.67 bits per heavy atom. The summed E-state index contributed by atoms with van der Waals surface area (Å²) in [5.41, 5.74) is 4.67. The van der Waals surface area contributed by atoms with Gasteiger partial charge in [0.05, 0.1) is 0 Å². The van der Waals surface area contributed by atoms with Crippen molar-refractivity contribution in [3.05, 3.63) is 11.1 Å². The summed E-state index contributed by atoms with van der Waals surface area (Å²) in [6.07, 6.45) is 0. The minimum Gasteiger partial charge on any atom is -0.0942 e. The van der Waals surface area contributed by atoms with Crippen molar-refractivity contribution in [2.24, 2.45) is 6.66 Å². The molecule has 0 nitrogen and oxygen atoms in total. The summed E-state index contributed by atoms with van der Waals surface area (Å²) in [6.45, 7) is 2.30. The first-order valence-electron chi connectivity index (χ1n) is 1.68. The van der Waals surface area contributed by atoms with Crippen LogP contribution in [0.3, 0.4) is 0 Å². The lowest BCUT2D eigenvalue weighted by Gasteiger charge is -1.67. The van der Waals surface area contributed by atoms with E-state index in [0.717, 1.165) is 0 Å². The molecule has 0 aromatic carbocycles. The average Bonchev–Trinajstić information content (AvgIpc) is 1.86. The topological polar surface area (TPSA) is 0 Å². The van der Waals surface area contributed by atoms with Crippen molar-refractivity contribution in [3.8, 4) is 0 Å². The zero-order valence-corrected chi connectivity index (χ0v) is 6.18. The van der Waals surface area contributed by atoms with Crippen LogP contribution in [-0.4, -0.2) is 0 Å². The summed E-state index contributed by atoms with van der Waals surface area (Å²) in [6, 6.07) is 0. The van der Waals surface area contributed by atoms with Gasteiger partial charge >= 0.3 is 0 Å². The minimum absolute atomic E-state index is 0.314. The summed E-state index contributed by atoms with van der Waals surface area (Å²) in [4.78, 5) is 0. The molecule has 1 rings (SSSR count). The van der Waals surface area contributed by atoms with Gasteiger partial charge in [-0.1, -0.05) is 15.4 Å². The van der Waals surface area contributed by atoms with Crippen molar-refractivity contribution in [1.82, 2.24) is 0 Å². The van der Waals surface area contributed by atoms with E-state index in [2.05, 4.69) is 17.7 Å². The molecule has 0 amide bonds. The maximum Gasteiger partial charge on any atom is -0.00294 e. The average molecular weight is 134 g/mol. The fourth-order valence-corrected chi connectivity index (χ4v) is 6.02. The highest BCUT2D eigenvalue weighted by Gasteiger charge is 1.74. The van der Waals surface area contributed by atoms with Gasteiger partial charge in [0.2, 0.25) is 0 Å². The predicted molar refractivity (Wildman–Crippen MR) is 35.2 cm³/mol. The maximum atomic E-state index is 2.37. The molecular formula is C3H5P3. The molecule has 0 N–H and O–H groups in total. The molecule has 0 bridgehead atoms.